The van der Waals surface area contributed by atoms with Crippen LogP contribution in [0.1, 0.15) is 53.6 Å². The lowest BCUT2D eigenvalue weighted by Crippen LogP contribution is -2.22. The SMILES string of the molecule is CCOc1ccc(C(C)=O)cc1Cn1cnc2sc3c(c2c1=O)CC[C@H](C)C3. The van der Waals surface area contributed by atoms with E-state index >= 15 is 0 Å². The van der Waals surface area contributed by atoms with Gasteiger partial charge in [-0.25, -0.2) is 4.98 Å². The third-order valence-corrected chi connectivity index (χ3v) is 6.55. The highest BCUT2D eigenvalue weighted by atomic mass is 32.1. The fourth-order valence-electron chi connectivity index (χ4n) is 3.88. The molecule has 0 bridgehead atoms. The summed E-state index contributed by atoms with van der Waals surface area (Å²) in [6.45, 7) is 6.57. The molecular weight excluding hydrogens is 372 g/mol. The van der Waals surface area contributed by atoms with E-state index in [4.69, 9.17) is 4.74 Å². The van der Waals surface area contributed by atoms with Gasteiger partial charge in [0, 0.05) is 16.0 Å². The molecule has 0 saturated heterocycles. The van der Waals surface area contributed by atoms with Crippen LogP contribution in [0.5, 0.6) is 5.75 Å². The topological polar surface area (TPSA) is 61.2 Å². The van der Waals surface area contributed by atoms with Crippen molar-refractivity contribution in [3.8, 4) is 5.75 Å². The van der Waals surface area contributed by atoms with Crippen LogP contribution in [0.2, 0.25) is 0 Å². The molecule has 1 atom stereocenters. The standard InChI is InChI=1S/C22H24N2O3S/c1-4-27-18-8-6-15(14(3)25)10-16(18)11-24-12-23-21-20(22(24)26)17-7-5-13(2)9-19(17)28-21/h6,8,10,12-13H,4-5,7,9,11H2,1-3H3/t13-/m0/s1. The number of aryl methyl sites for hydroxylation is 1. The lowest BCUT2D eigenvalue weighted by molar-refractivity contribution is 0.101. The Labute approximate surface area is 168 Å². The van der Waals surface area contributed by atoms with E-state index in [1.807, 2.05) is 13.0 Å². The number of thiophene rings is 1. The van der Waals surface area contributed by atoms with Gasteiger partial charge in [0.15, 0.2) is 5.78 Å². The van der Waals surface area contributed by atoms with Crippen molar-refractivity contribution in [1.29, 1.82) is 0 Å². The van der Waals surface area contributed by atoms with Crippen LogP contribution < -0.4 is 10.3 Å². The number of ether oxygens (including phenoxy) is 1. The van der Waals surface area contributed by atoms with Crippen molar-refractivity contribution in [2.45, 2.75) is 46.6 Å². The monoisotopic (exact) mass is 396 g/mol. The van der Waals surface area contributed by atoms with Gasteiger partial charge in [-0.1, -0.05) is 6.92 Å². The predicted molar refractivity (Wildman–Crippen MR) is 112 cm³/mol. The summed E-state index contributed by atoms with van der Waals surface area (Å²) < 4.78 is 7.35. The van der Waals surface area contributed by atoms with E-state index in [1.165, 1.54) is 17.4 Å². The first-order valence-electron chi connectivity index (χ1n) is 9.74. The number of hydrogen-bond acceptors (Lipinski definition) is 5. The number of hydrogen-bond donors (Lipinski definition) is 0. The van der Waals surface area contributed by atoms with Crippen LogP contribution in [-0.2, 0) is 19.4 Å². The normalized spacial score (nSPS) is 16.2. The van der Waals surface area contributed by atoms with E-state index in [9.17, 15) is 9.59 Å². The number of Topliss-reactive ketones (excluding diaryl/α,β-unsaturated/α-hetero) is 1. The molecule has 0 amide bonds. The van der Waals surface area contributed by atoms with Crippen molar-refractivity contribution in [2.24, 2.45) is 5.92 Å². The average Bonchev–Trinajstić information content (AvgIpc) is 3.03. The summed E-state index contributed by atoms with van der Waals surface area (Å²) in [7, 11) is 0. The van der Waals surface area contributed by atoms with E-state index in [1.54, 1.807) is 34.4 Å². The highest BCUT2D eigenvalue weighted by Gasteiger charge is 2.23. The van der Waals surface area contributed by atoms with Gasteiger partial charge < -0.3 is 4.74 Å². The Morgan fingerprint density at radius 2 is 2.21 bits per heavy atom. The number of benzene rings is 1. The van der Waals surface area contributed by atoms with Gasteiger partial charge in [-0.2, -0.15) is 0 Å². The number of nitrogens with zero attached hydrogens (tertiary/aromatic N) is 2. The van der Waals surface area contributed by atoms with Gasteiger partial charge in [-0.15, -0.1) is 11.3 Å². The summed E-state index contributed by atoms with van der Waals surface area (Å²) in [6, 6.07) is 5.38. The van der Waals surface area contributed by atoms with Crippen LogP contribution in [0.3, 0.4) is 0 Å². The zero-order valence-corrected chi connectivity index (χ0v) is 17.3. The minimum Gasteiger partial charge on any atom is -0.494 e. The predicted octanol–water partition coefficient (Wildman–Crippen LogP) is 4.23. The maximum Gasteiger partial charge on any atom is 0.262 e. The van der Waals surface area contributed by atoms with Crippen LogP contribution >= 0.6 is 11.3 Å². The van der Waals surface area contributed by atoms with E-state index in [-0.39, 0.29) is 11.3 Å². The molecule has 6 heteroatoms. The third-order valence-electron chi connectivity index (χ3n) is 5.39. The molecule has 146 valence electrons. The fraction of sp³-hybridized carbons (Fsp3) is 0.409. The molecule has 5 nitrogen and oxygen atoms in total. The molecule has 3 aromatic rings. The Bertz CT molecular complexity index is 1110. The number of carbonyl (C=O) groups is 1. The smallest absolute Gasteiger partial charge is 0.262 e. The lowest BCUT2D eigenvalue weighted by Gasteiger charge is -2.17. The zero-order valence-electron chi connectivity index (χ0n) is 16.4. The molecule has 0 aliphatic heterocycles. The first-order valence-corrected chi connectivity index (χ1v) is 10.6. The van der Waals surface area contributed by atoms with Gasteiger partial charge in [0.2, 0.25) is 0 Å². The van der Waals surface area contributed by atoms with E-state index in [2.05, 4.69) is 11.9 Å². The number of carbonyl (C=O) groups excluding carboxylic acids is 1. The molecule has 0 radical (unpaired) electrons. The van der Waals surface area contributed by atoms with Crippen LogP contribution in [0.25, 0.3) is 10.2 Å². The largest absolute Gasteiger partial charge is 0.494 e. The van der Waals surface area contributed by atoms with E-state index in [0.717, 1.165) is 35.0 Å². The average molecular weight is 397 g/mol. The molecule has 1 aliphatic rings. The third kappa shape index (κ3) is 3.37. The molecule has 4 rings (SSSR count). The molecule has 0 unspecified atom stereocenters. The molecule has 0 N–H and O–H groups in total. The van der Waals surface area contributed by atoms with Crippen molar-refractivity contribution in [2.75, 3.05) is 6.61 Å². The van der Waals surface area contributed by atoms with Gasteiger partial charge in [0.25, 0.3) is 5.56 Å². The highest BCUT2D eigenvalue weighted by molar-refractivity contribution is 7.18. The molecule has 28 heavy (non-hydrogen) atoms. The van der Waals surface area contributed by atoms with Crippen molar-refractivity contribution < 1.29 is 9.53 Å². The summed E-state index contributed by atoms with van der Waals surface area (Å²) in [5.41, 5.74) is 2.61. The Morgan fingerprint density at radius 1 is 1.39 bits per heavy atom. The van der Waals surface area contributed by atoms with Gasteiger partial charge in [0.05, 0.1) is 24.9 Å². The summed E-state index contributed by atoms with van der Waals surface area (Å²) in [4.78, 5) is 31.8. The quantitative estimate of drug-likeness (QED) is 0.606. The van der Waals surface area contributed by atoms with Gasteiger partial charge >= 0.3 is 0 Å². The summed E-state index contributed by atoms with van der Waals surface area (Å²) in [5, 5.41) is 0.773. The highest BCUT2D eigenvalue weighted by Crippen LogP contribution is 2.35. The number of fused-ring (bicyclic) bond motifs is 3. The van der Waals surface area contributed by atoms with Crippen LogP contribution in [0.4, 0.5) is 0 Å². The second kappa shape index (κ2) is 7.51. The Kier molecular flexibility index (Phi) is 5.06. The Morgan fingerprint density at radius 3 is 2.96 bits per heavy atom. The molecule has 2 heterocycles. The van der Waals surface area contributed by atoms with Gasteiger partial charge in [-0.05, 0) is 62.8 Å². The number of rotatable bonds is 5. The maximum atomic E-state index is 13.3. The molecule has 1 aromatic carbocycles. The van der Waals surface area contributed by atoms with Gasteiger partial charge in [0.1, 0.15) is 10.6 Å². The fourth-order valence-corrected chi connectivity index (χ4v) is 5.22. The molecule has 2 aromatic heterocycles. The Balaban J connectivity index is 1.78. The molecular formula is C22H24N2O3S. The first kappa shape index (κ1) is 18.9. The first-order chi connectivity index (χ1) is 13.5. The molecule has 0 fully saturated rings. The van der Waals surface area contributed by atoms with Gasteiger partial charge in [-0.3, -0.25) is 14.2 Å². The second-order valence-corrected chi connectivity index (χ2v) is 8.60. The summed E-state index contributed by atoms with van der Waals surface area (Å²) in [5.74, 6) is 1.35. The summed E-state index contributed by atoms with van der Waals surface area (Å²) >= 11 is 1.66. The Hall–Kier alpha value is -2.47. The van der Waals surface area contributed by atoms with Crippen LogP contribution in [-0.4, -0.2) is 21.9 Å². The molecule has 0 saturated carbocycles. The number of ketones is 1. The van der Waals surface area contributed by atoms with E-state index < -0.39 is 0 Å². The molecule has 0 spiro atoms. The van der Waals surface area contributed by atoms with Crippen molar-refractivity contribution >= 4 is 27.3 Å². The van der Waals surface area contributed by atoms with E-state index in [0.29, 0.717) is 30.4 Å². The lowest BCUT2D eigenvalue weighted by atomic mass is 9.89. The zero-order chi connectivity index (χ0) is 19.8. The minimum atomic E-state index is -0.00811. The van der Waals surface area contributed by atoms with Crippen LogP contribution in [0, 0.1) is 5.92 Å². The van der Waals surface area contributed by atoms with Crippen molar-refractivity contribution in [3.63, 3.8) is 0 Å². The minimum absolute atomic E-state index is 0.00673. The number of aromatic nitrogens is 2. The maximum absolute atomic E-state index is 13.3. The summed E-state index contributed by atoms with van der Waals surface area (Å²) in [6.07, 6.45) is 4.71. The van der Waals surface area contributed by atoms with Crippen LogP contribution in [0.15, 0.2) is 29.3 Å². The second-order valence-electron chi connectivity index (χ2n) is 7.52. The van der Waals surface area contributed by atoms with Crippen molar-refractivity contribution in [3.05, 3.63) is 56.4 Å². The molecule has 1 aliphatic carbocycles. The van der Waals surface area contributed by atoms with Crippen molar-refractivity contribution in [1.82, 2.24) is 9.55 Å².